The molecule has 5 nitrogen and oxygen atoms in total. The Morgan fingerprint density at radius 2 is 2.00 bits per heavy atom. The van der Waals surface area contributed by atoms with Crippen molar-refractivity contribution in [2.75, 3.05) is 0 Å². The summed E-state index contributed by atoms with van der Waals surface area (Å²) in [5.74, 6) is 0.0944. The van der Waals surface area contributed by atoms with Gasteiger partial charge < -0.3 is 4.90 Å². The summed E-state index contributed by atoms with van der Waals surface area (Å²) >= 11 is 0. The number of amides is 1. The van der Waals surface area contributed by atoms with E-state index in [1.54, 1.807) is 10.9 Å². The van der Waals surface area contributed by atoms with E-state index in [1.165, 1.54) is 0 Å². The van der Waals surface area contributed by atoms with Crippen LogP contribution in [0.15, 0.2) is 55.0 Å². The third-order valence-electron chi connectivity index (χ3n) is 4.10. The Morgan fingerprint density at radius 1 is 1.13 bits per heavy atom. The molecule has 2 aromatic heterocycles. The van der Waals surface area contributed by atoms with Crippen molar-refractivity contribution in [3.05, 3.63) is 71.7 Å². The molecule has 1 aromatic carbocycles. The molecule has 4 rings (SSSR count). The standard InChI is InChI=1S/C18H16N4O/c1-21-11-15(9-20-21)17-7-6-13(8-19-17)10-22-12-14-4-2-3-5-16(14)18(22)23/h2-9,11H,10,12H2,1H3. The molecular weight excluding hydrogens is 288 g/mol. The number of benzene rings is 1. The number of nitrogens with zero attached hydrogens (tertiary/aromatic N) is 4. The summed E-state index contributed by atoms with van der Waals surface area (Å²) in [6.07, 6.45) is 5.56. The van der Waals surface area contributed by atoms with E-state index in [4.69, 9.17) is 0 Å². The van der Waals surface area contributed by atoms with Crippen LogP contribution in [0.3, 0.4) is 0 Å². The minimum absolute atomic E-state index is 0.0944. The molecule has 114 valence electrons. The van der Waals surface area contributed by atoms with E-state index in [2.05, 4.69) is 10.1 Å². The highest BCUT2D eigenvalue weighted by Gasteiger charge is 2.26. The normalized spacial score (nSPS) is 13.4. The number of fused-ring (bicyclic) bond motifs is 1. The molecule has 5 heteroatoms. The molecule has 0 saturated carbocycles. The summed E-state index contributed by atoms with van der Waals surface area (Å²) in [5, 5.41) is 4.16. The summed E-state index contributed by atoms with van der Waals surface area (Å²) in [4.78, 5) is 18.7. The minimum atomic E-state index is 0.0944. The maximum atomic E-state index is 12.4. The van der Waals surface area contributed by atoms with Crippen LogP contribution in [0.25, 0.3) is 11.3 Å². The van der Waals surface area contributed by atoms with Gasteiger partial charge in [0.15, 0.2) is 0 Å². The van der Waals surface area contributed by atoms with Crippen LogP contribution in [0, 0.1) is 0 Å². The van der Waals surface area contributed by atoms with Gasteiger partial charge in [0, 0.05) is 43.7 Å². The number of carbonyl (C=O) groups is 1. The number of aromatic nitrogens is 3. The van der Waals surface area contributed by atoms with Crippen molar-refractivity contribution in [3.8, 4) is 11.3 Å². The fourth-order valence-electron chi connectivity index (χ4n) is 2.90. The molecule has 0 saturated heterocycles. The highest BCUT2D eigenvalue weighted by molar-refractivity contribution is 5.98. The van der Waals surface area contributed by atoms with Crippen LogP contribution in [0.5, 0.6) is 0 Å². The van der Waals surface area contributed by atoms with Crippen molar-refractivity contribution in [2.45, 2.75) is 13.1 Å². The summed E-state index contributed by atoms with van der Waals surface area (Å²) in [6, 6.07) is 11.8. The molecule has 0 aliphatic carbocycles. The predicted molar refractivity (Wildman–Crippen MR) is 86.5 cm³/mol. The molecule has 0 atom stereocenters. The van der Waals surface area contributed by atoms with Gasteiger partial charge in [-0.05, 0) is 23.3 Å². The molecule has 1 aliphatic heterocycles. The third-order valence-corrected chi connectivity index (χ3v) is 4.10. The van der Waals surface area contributed by atoms with Crippen LogP contribution >= 0.6 is 0 Å². The summed E-state index contributed by atoms with van der Waals surface area (Å²) in [5.41, 5.74) is 4.81. The van der Waals surface area contributed by atoms with Gasteiger partial charge in [-0.2, -0.15) is 5.10 Å². The van der Waals surface area contributed by atoms with E-state index in [-0.39, 0.29) is 5.91 Å². The van der Waals surface area contributed by atoms with Gasteiger partial charge in [-0.1, -0.05) is 24.3 Å². The van der Waals surface area contributed by atoms with E-state index in [9.17, 15) is 4.79 Å². The van der Waals surface area contributed by atoms with Crippen molar-refractivity contribution in [2.24, 2.45) is 7.05 Å². The molecule has 0 spiro atoms. The number of hydrogen-bond donors (Lipinski definition) is 0. The first kappa shape index (κ1) is 13.7. The Balaban J connectivity index is 1.51. The maximum absolute atomic E-state index is 12.4. The molecule has 3 heterocycles. The molecule has 0 bridgehead atoms. The fraction of sp³-hybridized carbons (Fsp3) is 0.167. The summed E-state index contributed by atoms with van der Waals surface area (Å²) in [6.45, 7) is 1.24. The van der Waals surface area contributed by atoms with Crippen LogP contribution in [-0.4, -0.2) is 25.6 Å². The van der Waals surface area contributed by atoms with E-state index in [1.807, 2.05) is 60.7 Å². The first-order chi connectivity index (χ1) is 11.2. The largest absolute Gasteiger partial charge is 0.330 e. The maximum Gasteiger partial charge on any atom is 0.254 e. The van der Waals surface area contributed by atoms with Crippen LogP contribution in [-0.2, 0) is 20.1 Å². The molecule has 0 radical (unpaired) electrons. The third kappa shape index (κ3) is 2.50. The van der Waals surface area contributed by atoms with Crippen LogP contribution in [0.2, 0.25) is 0 Å². The van der Waals surface area contributed by atoms with Crippen molar-refractivity contribution < 1.29 is 4.79 Å². The number of carbonyl (C=O) groups excluding carboxylic acids is 1. The lowest BCUT2D eigenvalue weighted by Gasteiger charge is -2.15. The van der Waals surface area contributed by atoms with Crippen LogP contribution in [0.4, 0.5) is 0 Å². The average Bonchev–Trinajstić information content (AvgIpc) is 3.13. The van der Waals surface area contributed by atoms with Gasteiger partial charge in [0.25, 0.3) is 5.91 Å². The van der Waals surface area contributed by atoms with Crippen LogP contribution in [0.1, 0.15) is 21.5 Å². The minimum Gasteiger partial charge on any atom is -0.330 e. The Labute approximate surface area is 134 Å². The Hall–Kier alpha value is -2.95. The van der Waals surface area contributed by atoms with Crippen molar-refractivity contribution in [1.82, 2.24) is 19.7 Å². The van der Waals surface area contributed by atoms with Gasteiger partial charge >= 0.3 is 0 Å². The SMILES string of the molecule is Cn1cc(-c2ccc(CN3Cc4ccccc4C3=O)cn2)cn1. The lowest BCUT2D eigenvalue weighted by atomic mass is 10.1. The fourth-order valence-corrected chi connectivity index (χ4v) is 2.90. The van der Waals surface area contributed by atoms with Crippen molar-refractivity contribution in [3.63, 3.8) is 0 Å². The quantitative estimate of drug-likeness (QED) is 0.747. The first-order valence-electron chi connectivity index (χ1n) is 7.52. The van der Waals surface area contributed by atoms with E-state index >= 15 is 0 Å². The monoisotopic (exact) mass is 304 g/mol. The molecule has 0 fully saturated rings. The van der Waals surface area contributed by atoms with Gasteiger partial charge in [0.1, 0.15) is 0 Å². The number of pyridine rings is 1. The van der Waals surface area contributed by atoms with E-state index in [0.717, 1.165) is 27.9 Å². The molecule has 1 amide bonds. The number of hydrogen-bond acceptors (Lipinski definition) is 3. The second kappa shape index (κ2) is 5.35. The summed E-state index contributed by atoms with van der Waals surface area (Å²) < 4.78 is 1.76. The molecule has 0 unspecified atom stereocenters. The zero-order chi connectivity index (χ0) is 15.8. The number of rotatable bonds is 3. The lowest BCUT2D eigenvalue weighted by molar-refractivity contribution is 0.0766. The molecule has 3 aromatic rings. The van der Waals surface area contributed by atoms with E-state index < -0.39 is 0 Å². The zero-order valence-corrected chi connectivity index (χ0v) is 12.8. The van der Waals surface area contributed by atoms with Gasteiger partial charge in [0.2, 0.25) is 0 Å². The summed E-state index contributed by atoms with van der Waals surface area (Å²) in [7, 11) is 1.88. The smallest absolute Gasteiger partial charge is 0.254 e. The second-order valence-corrected chi connectivity index (χ2v) is 5.77. The molecule has 0 N–H and O–H groups in total. The molecule has 1 aliphatic rings. The van der Waals surface area contributed by atoms with Crippen LogP contribution < -0.4 is 0 Å². The molecular formula is C18H16N4O. The average molecular weight is 304 g/mol. The first-order valence-corrected chi connectivity index (χ1v) is 7.52. The Morgan fingerprint density at radius 3 is 2.70 bits per heavy atom. The lowest BCUT2D eigenvalue weighted by Crippen LogP contribution is -2.23. The predicted octanol–water partition coefficient (Wildman–Crippen LogP) is 2.64. The van der Waals surface area contributed by atoms with Gasteiger partial charge in [-0.15, -0.1) is 0 Å². The molecule has 23 heavy (non-hydrogen) atoms. The number of aryl methyl sites for hydroxylation is 1. The van der Waals surface area contributed by atoms with Gasteiger partial charge in [0.05, 0.1) is 11.9 Å². The highest BCUT2D eigenvalue weighted by Crippen LogP contribution is 2.24. The van der Waals surface area contributed by atoms with Gasteiger partial charge in [-0.3, -0.25) is 14.5 Å². The zero-order valence-electron chi connectivity index (χ0n) is 12.8. The van der Waals surface area contributed by atoms with E-state index in [0.29, 0.717) is 13.1 Å². The Kier molecular flexibility index (Phi) is 3.19. The van der Waals surface area contributed by atoms with Gasteiger partial charge in [-0.25, -0.2) is 0 Å². The van der Waals surface area contributed by atoms with Crippen molar-refractivity contribution >= 4 is 5.91 Å². The topological polar surface area (TPSA) is 51.0 Å². The Bertz CT molecular complexity index is 867. The van der Waals surface area contributed by atoms with Crippen molar-refractivity contribution in [1.29, 1.82) is 0 Å². The second-order valence-electron chi connectivity index (χ2n) is 5.77. The highest BCUT2D eigenvalue weighted by atomic mass is 16.2.